The zero-order chi connectivity index (χ0) is 2.99. The first-order valence-electron chi connectivity index (χ1n) is 1.34. The largest absolute Gasteiger partial charge is 0.289 e. The Balaban J connectivity index is 2.17. The molecule has 1 unspecified atom stereocenters. The average Bonchev–Trinajstić information content (AvgIpc) is 1.75. The van der Waals surface area contributed by atoms with E-state index in [1.807, 2.05) is 0 Å². The van der Waals surface area contributed by atoms with Crippen LogP contribution in [0.1, 0.15) is 0 Å². The maximum Gasteiger partial charge on any atom is 0.0322 e. The Morgan fingerprint density at radius 2 is 2.25 bits per heavy atom. The van der Waals surface area contributed by atoms with Gasteiger partial charge in [0.05, 0.1) is 0 Å². The Bertz CT molecular complexity index is 25.2. The molecule has 1 rings (SSSR count). The van der Waals surface area contributed by atoms with E-state index in [0.717, 1.165) is 0 Å². The highest BCUT2D eigenvalue weighted by Crippen LogP contribution is 2.36. The van der Waals surface area contributed by atoms with Crippen LogP contribution in [-0.2, 0) is 0 Å². The Hall–Kier alpha value is 0.390. The topological polar surface area (TPSA) is 21.9 Å². The summed E-state index contributed by atoms with van der Waals surface area (Å²) in [4.78, 5) is 0. The van der Waals surface area contributed by atoms with Gasteiger partial charge in [-0.25, -0.2) is 0 Å². The second kappa shape index (κ2) is 0.667. The van der Waals surface area contributed by atoms with Gasteiger partial charge in [0.1, 0.15) is 0 Å². The van der Waals surface area contributed by atoms with Gasteiger partial charge >= 0.3 is 0 Å². The van der Waals surface area contributed by atoms with Crippen LogP contribution in [0.5, 0.6) is 0 Å². The molecule has 1 saturated heterocycles. The smallest absolute Gasteiger partial charge is 0.0322 e. The summed E-state index contributed by atoms with van der Waals surface area (Å²) in [6.07, 6.45) is 1.30. The van der Waals surface area contributed by atoms with Crippen LogP contribution in [0.25, 0.3) is 0 Å². The van der Waals surface area contributed by atoms with E-state index in [9.17, 15) is 0 Å². The molecule has 0 aliphatic carbocycles. The van der Waals surface area contributed by atoms with E-state index >= 15 is 0 Å². The highest BCUT2D eigenvalue weighted by molar-refractivity contribution is 7.61. The van der Waals surface area contributed by atoms with Gasteiger partial charge in [-0.2, -0.15) is 0 Å². The molecule has 0 radical (unpaired) electrons. The molecule has 0 spiro atoms. The molecule has 0 aromatic heterocycles. The lowest BCUT2D eigenvalue weighted by atomic mass is 11.6. The van der Waals surface area contributed by atoms with Crippen molar-refractivity contribution < 1.29 is 0 Å². The first kappa shape index (κ1) is 2.62. The van der Waals surface area contributed by atoms with E-state index < -0.39 is 0 Å². The van der Waals surface area contributed by atoms with Crippen LogP contribution in [-0.4, -0.2) is 13.0 Å². The van der Waals surface area contributed by atoms with Crippen LogP contribution in [0.15, 0.2) is 0 Å². The molecule has 1 fully saturated rings. The summed E-state index contributed by atoms with van der Waals surface area (Å²) in [5.41, 5.74) is 0. The molecule has 0 amide bonds. The van der Waals surface area contributed by atoms with E-state index in [4.69, 9.17) is 0 Å². The predicted octanol–water partition coefficient (Wildman–Crippen LogP) is 0.574. The summed E-state index contributed by atoms with van der Waals surface area (Å²) in [5.74, 6) is 0. The lowest BCUT2D eigenvalue weighted by molar-refractivity contribution is 1.41. The van der Waals surface area contributed by atoms with Crippen LogP contribution in [0.3, 0.4) is 0 Å². The summed E-state index contributed by atoms with van der Waals surface area (Å²) in [6.45, 7) is 2.23. The summed E-state index contributed by atoms with van der Waals surface area (Å²) in [6, 6.07) is 0. The van der Waals surface area contributed by atoms with Gasteiger partial charge in [0, 0.05) is 6.29 Å². The molecule has 1 atom stereocenters. The fourth-order valence-electron chi connectivity index (χ4n) is 0.0707. The highest BCUT2D eigenvalue weighted by atomic mass is 31.1. The van der Waals surface area contributed by atoms with Crippen molar-refractivity contribution in [3.05, 3.63) is 0 Å². The van der Waals surface area contributed by atoms with Crippen molar-refractivity contribution in [2.75, 3.05) is 13.0 Å². The minimum Gasteiger partial charge on any atom is -0.289 e. The maximum atomic E-state index is 3.16. The van der Waals surface area contributed by atoms with Crippen molar-refractivity contribution in [1.29, 1.82) is 0 Å². The molecular formula is C2H6NP. The monoisotopic (exact) mass is 75.0 g/mol. The number of hydrogen-bond acceptors (Lipinski definition) is 1. The fraction of sp³-hybridized carbons (Fsp3) is 1.00. The van der Waals surface area contributed by atoms with E-state index in [0.29, 0.717) is 8.07 Å². The van der Waals surface area contributed by atoms with Gasteiger partial charge < -0.3 is 0 Å². The van der Waals surface area contributed by atoms with Crippen molar-refractivity contribution in [2.45, 2.75) is 0 Å². The normalized spacial score (nSPS) is 39.8. The Kier molecular flexibility index (Phi) is 0.436. The fourth-order valence-corrected chi connectivity index (χ4v) is 0.636. The molecule has 0 saturated carbocycles. The first-order chi connectivity index (χ1) is 1.89. The van der Waals surface area contributed by atoms with Crippen molar-refractivity contribution in [2.24, 2.45) is 0 Å². The molecule has 0 bridgehead atoms. The van der Waals surface area contributed by atoms with Gasteiger partial charge in [-0.1, -0.05) is 0 Å². The third-order valence-electron chi connectivity index (χ3n) is 0.474. The van der Waals surface area contributed by atoms with Crippen LogP contribution < -0.4 is 5.09 Å². The molecule has 4 heavy (non-hydrogen) atoms. The third kappa shape index (κ3) is 0.402. The molecule has 1 aliphatic rings. The third-order valence-corrected chi connectivity index (χ3v) is 1.42. The van der Waals surface area contributed by atoms with Crippen molar-refractivity contribution in [3.8, 4) is 0 Å². The Labute approximate surface area is 27.2 Å². The Morgan fingerprint density at radius 3 is 2.25 bits per heavy atom. The molecule has 24 valence electrons. The molecule has 1 nitrogen and oxygen atoms in total. The van der Waals surface area contributed by atoms with Gasteiger partial charge in [-0.05, 0) is 14.7 Å². The molecule has 0 aromatic rings. The minimum atomic E-state index is 0.380. The number of rotatable bonds is 0. The van der Waals surface area contributed by atoms with Gasteiger partial charge in [-0.15, -0.1) is 0 Å². The standard InChI is InChI=1S/C2H6NP/c1-4-2-3-4/h3H,2H2,1H3. The van der Waals surface area contributed by atoms with E-state index in [2.05, 4.69) is 11.8 Å². The summed E-state index contributed by atoms with van der Waals surface area (Å²) in [5, 5.41) is 3.16. The molecule has 1 N–H and O–H groups in total. The quantitative estimate of drug-likeness (QED) is 0.330. The SMILES string of the molecule is CP1CN1. The van der Waals surface area contributed by atoms with Crippen molar-refractivity contribution in [1.82, 2.24) is 5.09 Å². The predicted molar refractivity (Wildman–Crippen MR) is 20.8 cm³/mol. The van der Waals surface area contributed by atoms with Crippen LogP contribution in [0, 0.1) is 0 Å². The van der Waals surface area contributed by atoms with Crippen LogP contribution >= 0.6 is 8.07 Å². The molecule has 0 aromatic carbocycles. The van der Waals surface area contributed by atoms with Crippen LogP contribution in [0.2, 0.25) is 0 Å². The molecule has 1 aliphatic heterocycles. The molecular weight excluding hydrogens is 69.0 g/mol. The Morgan fingerprint density at radius 1 is 2.00 bits per heavy atom. The zero-order valence-electron chi connectivity index (χ0n) is 2.65. The van der Waals surface area contributed by atoms with Gasteiger partial charge in [0.15, 0.2) is 0 Å². The van der Waals surface area contributed by atoms with Crippen molar-refractivity contribution >= 4 is 8.07 Å². The number of nitrogens with one attached hydrogen (secondary N) is 1. The zero-order valence-corrected chi connectivity index (χ0v) is 3.55. The van der Waals surface area contributed by atoms with E-state index in [1.165, 1.54) is 6.29 Å². The summed E-state index contributed by atoms with van der Waals surface area (Å²) >= 11 is 0. The van der Waals surface area contributed by atoms with Gasteiger partial charge in [-0.3, -0.25) is 5.09 Å². The average molecular weight is 75.1 g/mol. The summed E-state index contributed by atoms with van der Waals surface area (Å²) in [7, 11) is 0.380. The van der Waals surface area contributed by atoms with Gasteiger partial charge in [0.2, 0.25) is 0 Å². The lowest BCUT2D eigenvalue weighted by Gasteiger charge is -1.54. The summed E-state index contributed by atoms with van der Waals surface area (Å²) < 4.78 is 0. The van der Waals surface area contributed by atoms with Crippen LogP contribution in [0.4, 0.5) is 0 Å². The van der Waals surface area contributed by atoms with E-state index in [-0.39, 0.29) is 0 Å². The molecule has 2 heteroatoms. The lowest BCUT2D eigenvalue weighted by Crippen LogP contribution is -1.53. The van der Waals surface area contributed by atoms with Gasteiger partial charge in [0.25, 0.3) is 0 Å². The van der Waals surface area contributed by atoms with Crippen molar-refractivity contribution in [3.63, 3.8) is 0 Å². The first-order valence-corrected chi connectivity index (χ1v) is 3.31. The number of hydrogen-bond donors (Lipinski definition) is 1. The minimum absolute atomic E-state index is 0.380. The highest BCUT2D eigenvalue weighted by Gasteiger charge is 2.09. The van der Waals surface area contributed by atoms with E-state index in [1.54, 1.807) is 0 Å². The second-order valence-electron chi connectivity index (χ2n) is 1.01. The second-order valence-corrected chi connectivity index (χ2v) is 3.04. The molecule has 1 heterocycles. The maximum absolute atomic E-state index is 3.16.